The molecule has 6 nitrogen and oxygen atoms in total. The molecular formula is C19H39NO5SSi. The van der Waals surface area contributed by atoms with Crippen molar-refractivity contribution >= 4 is 31.6 Å². The lowest BCUT2D eigenvalue weighted by atomic mass is 10.1. The minimum Gasteiger partial charge on any atom is -0.374 e. The Bertz CT molecular complexity index is 392. The maximum atomic E-state index is 12.0. The van der Waals surface area contributed by atoms with Crippen LogP contribution < -0.4 is 5.32 Å². The maximum Gasteiger partial charge on any atom is 0.501 e. The van der Waals surface area contributed by atoms with Gasteiger partial charge in [0.15, 0.2) is 5.12 Å². The number of carbonyl (C=O) groups is 2. The number of nitrogens with one attached hydrogen (secondary N) is 1. The van der Waals surface area contributed by atoms with Crippen LogP contribution in [0.5, 0.6) is 0 Å². The van der Waals surface area contributed by atoms with E-state index in [1.807, 2.05) is 13.8 Å². The molecule has 0 aliphatic heterocycles. The summed E-state index contributed by atoms with van der Waals surface area (Å²) in [5.74, 6) is 0.681. The second-order valence-electron chi connectivity index (χ2n) is 6.37. The quantitative estimate of drug-likeness (QED) is 0.265. The van der Waals surface area contributed by atoms with E-state index in [4.69, 9.17) is 13.3 Å². The van der Waals surface area contributed by atoms with Gasteiger partial charge in [0.1, 0.15) is 0 Å². The zero-order valence-electron chi connectivity index (χ0n) is 17.6. The molecular weight excluding hydrogens is 382 g/mol. The Hall–Kier alpha value is -0.413. The molecule has 0 radical (unpaired) electrons. The van der Waals surface area contributed by atoms with Crippen molar-refractivity contribution in [1.29, 1.82) is 0 Å². The highest BCUT2D eigenvalue weighted by molar-refractivity contribution is 8.13. The van der Waals surface area contributed by atoms with E-state index in [1.54, 1.807) is 0 Å². The van der Waals surface area contributed by atoms with Gasteiger partial charge >= 0.3 is 8.80 Å². The van der Waals surface area contributed by atoms with E-state index >= 15 is 0 Å². The van der Waals surface area contributed by atoms with E-state index in [1.165, 1.54) is 37.9 Å². The first-order chi connectivity index (χ1) is 13.0. The molecule has 8 heteroatoms. The summed E-state index contributed by atoms with van der Waals surface area (Å²) in [4.78, 5) is 22.9. The van der Waals surface area contributed by atoms with Gasteiger partial charge in [0, 0.05) is 44.9 Å². The molecule has 0 aliphatic rings. The summed E-state index contributed by atoms with van der Waals surface area (Å²) in [6, 6.07) is 0.686. The highest BCUT2D eigenvalue weighted by Gasteiger charge is 2.40. The summed E-state index contributed by atoms with van der Waals surface area (Å²) >= 11 is 1.41. The van der Waals surface area contributed by atoms with Crippen LogP contribution in [0.25, 0.3) is 0 Å². The fraction of sp³-hybridized carbons (Fsp3) is 0.895. The van der Waals surface area contributed by atoms with Crippen LogP contribution in [-0.4, -0.2) is 51.9 Å². The van der Waals surface area contributed by atoms with E-state index in [2.05, 4.69) is 12.2 Å². The first-order valence-electron chi connectivity index (χ1n) is 10.3. The van der Waals surface area contributed by atoms with Crippen molar-refractivity contribution in [3.63, 3.8) is 0 Å². The summed E-state index contributed by atoms with van der Waals surface area (Å²) in [5, 5.41) is 2.99. The number of rotatable bonds is 18. The van der Waals surface area contributed by atoms with Crippen LogP contribution in [0.15, 0.2) is 0 Å². The lowest BCUT2D eigenvalue weighted by molar-refractivity contribution is -0.119. The van der Waals surface area contributed by atoms with Gasteiger partial charge in [-0.25, -0.2) is 0 Å². The summed E-state index contributed by atoms with van der Waals surface area (Å²) in [6.45, 7) is 9.38. The number of unbranched alkanes of at least 4 members (excludes halogenated alkanes) is 4. The standard InChI is InChI=1S/C19H39NO5SSi/c1-5-8-9-10-11-13-19(22)26-16-12-17-27(23-6-2,24-7-3)25-15-14-20-18(4)21/h5-17H2,1-4H3,(H,20,21). The van der Waals surface area contributed by atoms with Gasteiger partial charge in [-0.1, -0.05) is 44.4 Å². The number of thioether (sulfide) groups is 1. The van der Waals surface area contributed by atoms with Crippen LogP contribution in [0, 0.1) is 0 Å². The molecule has 0 saturated heterocycles. The highest BCUT2D eigenvalue weighted by atomic mass is 32.2. The Balaban J connectivity index is 4.18. The lowest BCUT2D eigenvalue weighted by Gasteiger charge is -2.29. The van der Waals surface area contributed by atoms with Crippen molar-refractivity contribution in [3.05, 3.63) is 0 Å². The van der Waals surface area contributed by atoms with E-state index in [-0.39, 0.29) is 11.0 Å². The molecule has 1 amide bonds. The maximum absolute atomic E-state index is 12.0. The Morgan fingerprint density at radius 2 is 1.59 bits per heavy atom. The Kier molecular flexibility index (Phi) is 17.4. The summed E-state index contributed by atoms with van der Waals surface area (Å²) < 4.78 is 17.7. The number of carbonyl (C=O) groups excluding carboxylic acids is 2. The molecule has 0 rings (SSSR count). The van der Waals surface area contributed by atoms with Gasteiger partial charge in [-0.3, -0.25) is 9.59 Å². The topological polar surface area (TPSA) is 73.9 Å². The van der Waals surface area contributed by atoms with Crippen LogP contribution in [0.2, 0.25) is 6.04 Å². The van der Waals surface area contributed by atoms with E-state index in [0.717, 1.165) is 25.0 Å². The molecule has 0 aromatic heterocycles. The molecule has 0 aromatic rings. The van der Waals surface area contributed by atoms with Crippen LogP contribution in [0.3, 0.4) is 0 Å². The van der Waals surface area contributed by atoms with Gasteiger partial charge in [-0.2, -0.15) is 0 Å². The predicted molar refractivity (Wildman–Crippen MR) is 114 cm³/mol. The Labute approximate surface area is 170 Å². The highest BCUT2D eigenvalue weighted by Crippen LogP contribution is 2.21. The molecule has 1 N–H and O–H groups in total. The van der Waals surface area contributed by atoms with Crippen molar-refractivity contribution < 1.29 is 22.9 Å². The largest absolute Gasteiger partial charge is 0.501 e. The van der Waals surface area contributed by atoms with Crippen molar-refractivity contribution in [2.45, 2.75) is 78.7 Å². The molecule has 0 fully saturated rings. The van der Waals surface area contributed by atoms with Gasteiger partial charge in [0.25, 0.3) is 0 Å². The van der Waals surface area contributed by atoms with Crippen LogP contribution in [0.4, 0.5) is 0 Å². The summed E-state index contributed by atoms with van der Waals surface area (Å²) in [7, 11) is -2.76. The normalized spacial score (nSPS) is 11.6. The zero-order chi connectivity index (χ0) is 20.4. The fourth-order valence-corrected chi connectivity index (χ4v) is 6.28. The Morgan fingerprint density at radius 1 is 0.926 bits per heavy atom. The van der Waals surface area contributed by atoms with Gasteiger partial charge in [-0.15, -0.1) is 0 Å². The summed E-state index contributed by atoms with van der Waals surface area (Å²) in [6.07, 6.45) is 7.33. The van der Waals surface area contributed by atoms with Gasteiger partial charge in [0.05, 0.1) is 6.61 Å². The monoisotopic (exact) mass is 421 g/mol. The van der Waals surface area contributed by atoms with Crippen molar-refractivity contribution in [2.75, 3.05) is 32.1 Å². The minimum atomic E-state index is -2.76. The SMILES string of the molecule is CCCCCCCC(=O)SCCC[Si](OCC)(OCC)OCCNC(C)=O. The smallest absolute Gasteiger partial charge is 0.374 e. The fourth-order valence-electron chi connectivity index (χ4n) is 2.63. The molecule has 0 aromatic carbocycles. The average Bonchev–Trinajstić information content (AvgIpc) is 2.62. The third kappa shape index (κ3) is 15.2. The minimum absolute atomic E-state index is 0.0803. The predicted octanol–water partition coefficient (Wildman–Crippen LogP) is 4.16. The number of hydrogen-bond donors (Lipinski definition) is 1. The van der Waals surface area contributed by atoms with Crippen molar-refractivity contribution in [2.24, 2.45) is 0 Å². The van der Waals surface area contributed by atoms with E-state index in [0.29, 0.717) is 38.8 Å². The van der Waals surface area contributed by atoms with Gasteiger partial charge < -0.3 is 18.6 Å². The third-order valence-corrected chi connectivity index (χ3v) is 7.99. The second kappa shape index (κ2) is 17.7. The Morgan fingerprint density at radius 3 is 2.19 bits per heavy atom. The molecule has 0 spiro atoms. The molecule has 160 valence electrons. The van der Waals surface area contributed by atoms with Crippen LogP contribution >= 0.6 is 11.8 Å². The van der Waals surface area contributed by atoms with Crippen molar-refractivity contribution in [1.82, 2.24) is 5.32 Å². The third-order valence-electron chi connectivity index (χ3n) is 3.90. The van der Waals surface area contributed by atoms with Crippen LogP contribution in [0.1, 0.15) is 72.6 Å². The average molecular weight is 422 g/mol. The van der Waals surface area contributed by atoms with Crippen molar-refractivity contribution in [3.8, 4) is 0 Å². The lowest BCUT2D eigenvalue weighted by Crippen LogP contribution is -2.47. The van der Waals surface area contributed by atoms with E-state index < -0.39 is 8.80 Å². The van der Waals surface area contributed by atoms with E-state index in [9.17, 15) is 9.59 Å². The first kappa shape index (κ1) is 26.6. The molecule has 0 atom stereocenters. The molecule has 0 bridgehead atoms. The zero-order valence-corrected chi connectivity index (χ0v) is 19.5. The first-order valence-corrected chi connectivity index (χ1v) is 13.2. The van der Waals surface area contributed by atoms with Gasteiger partial charge in [-0.05, 0) is 26.7 Å². The molecule has 0 unspecified atom stereocenters. The number of hydrogen-bond acceptors (Lipinski definition) is 6. The summed E-state index contributed by atoms with van der Waals surface area (Å²) in [5.41, 5.74) is 0. The molecule has 0 heterocycles. The molecule has 27 heavy (non-hydrogen) atoms. The van der Waals surface area contributed by atoms with Gasteiger partial charge in [0.2, 0.25) is 5.91 Å². The van der Waals surface area contributed by atoms with Crippen LogP contribution in [-0.2, 0) is 22.9 Å². The number of amides is 1. The second-order valence-corrected chi connectivity index (χ2v) is 10.3. The molecule has 0 saturated carbocycles. The molecule has 0 aliphatic carbocycles.